The van der Waals surface area contributed by atoms with Crippen molar-refractivity contribution in [3.05, 3.63) is 64.7 Å². The maximum Gasteiger partial charge on any atom is 0.303 e. The standard InChI is InChI=1S/C37H46N2O5/c1-23(2)21-39(32(41)14-11-26-8-6-7-24(3)19-26)29-15-16-37(44-25(4)40)31-20-28-12-13-30(42-5)34-33(28)36(37,35(29)43-34)17-18-38(31)22-27-9-10-27/h6-8,11-14,19,23,27,29,31,35H,9-10,15-18,20-22H2,1-5H3/t29-,31-,35+,36+,37-/m1/s1. The van der Waals surface area contributed by atoms with Crippen LogP contribution in [-0.2, 0) is 26.2 Å². The van der Waals surface area contributed by atoms with Crippen molar-refractivity contribution in [2.24, 2.45) is 11.8 Å². The van der Waals surface area contributed by atoms with Crippen LogP contribution in [0.3, 0.4) is 0 Å². The van der Waals surface area contributed by atoms with Crippen molar-refractivity contribution >= 4 is 18.0 Å². The summed E-state index contributed by atoms with van der Waals surface area (Å²) in [5.41, 5.74) is 3.31. The molecular weight excluding hydrogens is 552 g/mol. The number of hydrogen-bond acceptors (Lipinski definition) is 6. The van der Waals surface area contributed by atoms with Gasteiger partial charge in [0.1, 0.15) is 11.7 Å². The van der Waals surface area contributed by atoms with Crippen LogP contribution in [0.4, 0.5) is 0 Å². The minimum atomic E-state index is -0.721. The van der Waals surface area contributed by atoms with Gasteiger partial charge in [-0.1, -0.05) is 49.7 Å². The zero-order valence-electron chi connectivity index (χ0n) is 26.8. The molecule has 7 rings (SSSR count). The van der Waals surface area contributed by atoms with Crippen molar-refractivity contribution in [3.63, 3.8) is 0 Å². The number of ether oxygens (including phenoxy) is 3. The number of piperidine rings is 1. The fourth-order valence-electron chi connectivity index (χ4n) is 9.18. The van der Waals surface area contributed by atoms with Gasteiger partial charge in [0, 0.05) is 31.7 Å². The molecule has 0 radical (unpaired) electrons. The molecule has 5 aliphatic rings. The van der Waals surface area contributed by atoms with Gasteiger partial charge in [0.2, 0.25) is 5.91 Å². The predicted molar refractivity (Wildman–Crippen MR) is 170 cm³/mol. The number of rotatable bonds is 9. The summed E-state index contributed by atoms with van der Waals surface area (Å²) >= 11 is 0. The van der Waals surface area contributed by atoms with E-state index in [-0.39, 0.29) is 36.0 Å². The number of aryl methyl sites for hydroxylation is 1. The lowest BCUT2D eigenvalue weighted by atomic mass is 9.48. The summed E-state index contributed by atoms with van der Waals surface area (Å²) in [6, 6.07) is 12.3. The molecule has 1 spiro atoms. The Bertz CT molecular complexity index is 1500. The number of nitrogens with zero attached hydrogens (tertiary/aromatic N) is 2. The molecule has 3 fully saturated rings. The number of hydrogen-bond donors (Lipinski definition) is 0. The summed E-state index contributed by atoms with van der Waals surface area (Å²) in [5.74, 6) is 2.25. The Kier molecular flexibility index (Phi) is 7.31. The van der Waals surface area contributed by atoms with Gasteiger partial charge in [-0.05, 0) is 87.1 Å². The summed E-state index contributed by atoms with van der Waals surface area (Å²) in [6.07, 6.45) is 8.90. The van der Waals surface area contributed by atoms with Gasteiger partial charge in [-0.2, -0.15) is 0 Å². The van der Waals surface area contributed by atoms with Crippen molar-refractivity contribution in [1.82, 2.24) is 9.80 Å². The van der Waals surface area contributed by atoms with Gasteiger partial charge in [0.25, 0.3) is 0 Å². The minimum Gasteiger partial charge on any atom is -0.493 e. The topological polar surface area (TPSA) is 68.3 Å². The third-order valence-electron chi connectivity index (χ3n) is 10.9. The SMILES string of the molecule is COc1ccc2c3c1O[C@H]1[C@H](N(CC(C)C)C(=O)C=Cc4cccc(C)c4)CC[C@@]4(OC(C)=O)[C@@H](C2)N(CC2CC2)CC[C@]314. The van der Waals surface area contributed by atoms with E-state index in [4.69, 9.17) is 14.2 Å². The second kappa shape index (κ2) is 10.9. The Morgan fingerprint density at radius 3 is 2.68 bits per heavy atom. The largest absolute Gasteiger partial charge is 0.493 e. The lowest BCUT2D eigenvalue weighted by molar-refractivity contribution is -0.224. The number of methoxy groups -OCH3 is 1. The van der Waals surface area contributed by atoms with E-state index in [9.17, 15) is 9.59 Å². The second-order valence-corrected chi connectivity index (χ2v) is 14.3. The van der Waals surface area contributed by atoms with Crippen molar-refractivity contribution < 1.29 is 23.8 Å². The highest BCUT2D eigenvalue weighted by Gasteiger charge is 2.75. The van der Waals surface area contributed by atoms with Crippen molar-refractivity contribution in [1.29, 1.82) is 0 Å². The third kappa shape index (κ3) is 4.57. The Hall–Kier alpha value is -3.32. The lowest BCUT2D eigenvalue weighted by Gasteiger charge is -2.65. The lowest BCUT2D eigenvalue weighted by Crippen LogP contribution is -2.79. The Morgan fingerprint density at radius 1 is 1.16 bits per heavy atom. The van der Waals surface area contributed by atoms with Gasteiger partial charge in [-0.3, -0.25) is 14.5 Å². The summed E-state index contributed by atoms with van der Waals surface area (Å²) < 4.78 is 19.6. The van der Waals surface area contributed by atoms with Crippen LogP contribution in [0.2, 0.25) is 0 Å². The van der Waals surface area contributed by atoms with Crippen LogP contribution in [0.25, 0.3) is 6.08 Å². The van der Waals surface area contributed by atoms with E-state index in [2.05, 4.69) is 43.9 Å². The van der Waals surface area contributed by atoms with Gasteiger partial charge >= 0.3 is 5.97 Å². The van der Waals surface area contributed by atoms with Crippen LogP contribution in [0.1, 0.15) is 75.1 Å². The van der Waals surface area contributed by atoms with Gasteiger partial charge in [-0.15, -0.1) is 0 Å². The van der Waals surface area contributed by atoms with Crippen molar-refractivity contribution in [2.45, 2.75) is 95.4 Å². The quantitative estimate of drug-likeness (QED) is 0.272. The molecular formula is C37H46N2O5. The molecule has 5 atom stereocenters. The van der Waals surface area contributed by atoms with E-state index in [1.807, 2.05) is 29.2 Å². The average Bonchev–Trinajstić information content (AvgIpc) is 3.73. The number of benzene rings is 2. The van der Waals surface area contributed by atoms with Crippen LogP contribution in [0.5, 0.6) is 11.5 Å². The molecule has 2 aromatic rings. The predicted octanol–water partition coefficient (Wildman–Crippen LogP) is 5.71. The highest BCUT2D eigenvalue weighted by molar-refractivity contribution is 5.92. The van der Waals surface area contributed by atoms with Crippen molar-refractivity contribution in [2.75, 3.05) is 26.7 Å². The Balaban J connectivity index is 1.34. The van der Waals surface area contributed by atoms with E-state index in [1.165, 1.54) is 18.4 Å². The molecule has 0 unspecified atom stereocenters. The molecule has 7 heteroatoms. The molecule has 2 aliphatic heterocycles. The fraction of sp³-hybridized carbons (Fsp3) is 0.568. The van der Waals surface area contributed by atoms with Gasteiger partial charge in [-0.25, -0.2) is 0 Å². The monoisotopic (exact) mass is 598 g/mol. The number of amides is 1. The molecule has 1 saturated heterocycles. The molecule has 234 valence electrons. The second-order valence-electron chi connectivity index (χ2n) is 14.3. The molecule has 2 saturated carbocycles. The molecule has 44 heavy (non-hydrogen) atoms. The third-order valence-corrected chi connectivity index (χ3v) is 10.9. The maximum absolute atomic E-state index is 14.2. The highest BCUT2D eigenvalue weighted by atomic mass is 16.6. The van der Waals surface area contributed by atoms with Crippen LogP contribution in [0.15, 0.2) is 42.5 Å². The first kappa shape index (κ1) is 29.4. The molecule has 1 amide bonds. The smallest absolute Gasteiger partial charge is 0.303 e. The first-order valence-corrected chi connectivity index (χ1v) is 16.5. The van der Waals surface area contributed by atoms with E-state index in [0.717, 1.165) is 54.3 Å². The van der Waals surface area contributed by atoms with E-state index in [0.29, 0.717) is 25.1 Å². The van der Waals surface area contributed by atoms with Crippen LogP contribution < -0.4 is 9.47 Å². The Labute approximate surface area is 261 Å². The zero-order valence-corrected chi connectivity index (χ0v) is 26.8. The van der Waals surface area contributed by atoms with E-state index < -0.39 is 11.0 Å². The normalized spacial score (nSPS) is 30.2. The summed E-state index contributed by atoms with van der Waals surface area (Å²) in [6.45, 7) is 10.5. The molecule has 2 heterocycles. The van der Waals surface area contributed by atoms with Crippen LogP contribution in [-0.4, -0.2) is 72.2 Å². The number of likely N-dealkylation sites (tertiary alicyclic amines) is 1. The molecule has 2 aromatic carbocycles. The molecule has 0 aromatic heterocycles. The maximum atomic E-state index is 14.2. The number of carbonyl (C=O) groups excluding carboxylic acids is 2. The fourth-order valence-corrected chi connectivity index (χ4v) is 9.18. The van der Waals surface area contributed by atoms with E-state index >= 15 is 0 Å². The zero-order chi connectivity index (χ0) is 30.8. The Morgan fingerprint density at radius 2 is 1.98 bits per heavy atom. The summed E-state index contributed by atoms with van der Waals surface area (Å²) in [5, 5.41) is 0. The molecule has 0 N–H and O–H groups in total. The van der Waals surface area contributed by atoms with Crippen LogP contribution in [0, 0.1) is 18.8 Å². The molecule has 7 nitrogen and oxygen atoms in total. The highest BCUT2D eigenvalue weighted by Crippen LogP contribution is 2.67. The van der Waals surface area contributed by atoms with Gasteiger partial charge in [0.15, 0.2) is 11.5 Å². The first-order chi connectivity index (χ1) is 21.2. The van der Waals surface area contributed by atoms with E-state index in [1.54, 1.807) is 20.1 Å². The van der Waals surface area contributed by atoms with Gasteiger partial charge in [0.05, 0.1) is 24.6 Å². The average molecular weight is 599 g/mol. The van der Waals surface area contributed by atoms with Crippen molar-refractivity contribution in [3.8, 4) is 11.5 Å². The summed E-state index contributed by atoms with van der Waals surface area (Å²) in [4.78, 5) is 31.8. The minimum absolute atomic E-state index is 0.00753. The number of carbonyl (C=O) groups is 2. The summed E-state index contributed by atoms with van der Waals surface area (Å²) in [7, 11) is 1.69. The molecule has 3 aliphatic carbocycles. The first-order valence-electron chi connectivity index (χ1n) is 16.5. The number of esters is 1. The molecule has 2 bridgehead atoms. The van der Waals surface area contributed by atoms with Crippen LogP contribution >= 0.6 is 0 Å². The van der Waals surface area contributed by atoms with Gasteiger partial charge < -0.3 is 19.1 Å².